The van der Waals surface area contributed by atoms with Crippen LogP contribution in [-0.2, 0) is 13.6 Å². The first-order valence-electron chi connectivity index (χ1n) is 7.01. The number of carbonyl (C=O) groups excluding carboxylic acids is 1. The number of aromatic carboxylic acids is 1. The van der Waals surface area contributed by atoms with E-state index < -0.39 is 5.97 Å². The van der Waals surface area contributed by atoms with E-state index >= 15 is 0 Å². The minimum atomic E-state index is -1.08. The molecule has 0 bridgehead atoms. The molecule has 1 amide bonds. The fourth-order valence-electron chi connectivity index (χ4n) is 2.36. The van der Waals surface area contributed by atoms with Gasteiger partial charge in [0.15, 0.2) is 11.4 Å². The van der Waals surface area contributed by atoms with E-state index in [1.807, 2.05) is 24.3 Å². The van der Waals surface area contributed by atoms with Crippen LogP contribution < -0.4 is 5.32 Å². The standard InChI is InChI=1S/C15H15N5O3/c1-19-12-5-3-2-4-10(12)13(18-19)14(21)16-6-7-20-8-11(15(22)23)17-9-20/h2-5,8-9H,6-7H2,1H3,(H,16,21)(H,22,23). The molecule has 0 unspecified atom stereocenters. The van der Waals surface area contributed by atoms with Gasteiger partial charge >= 0.3 is 5.97 Å². The van der Waals surface area contributed by atoms with Gasteiger partial charge in [0.1, 0.15) is 0 Å². The van der Waals surface area contributed by atoms with Gasteiger partial charge in [-0.3, -0.25) is 9.48 Å². The molecule has 1 aromatic carbocycles. The lowest BCUT2D eigenvalue weighted by Gasteiger charge is -2.04. The normalized spacial score (nSPS) is 10.8. The Kier molecular flexibility index (Phi) is 3.80. The van der Waals surface area contributed by atoms with Gasteiger partial charge in [-0.15, -0.1) is 0 Å². The van der Waals surface area contributed by atoms with Crippen LogP contribution in [0.4, 0.5) is 0 Å². The molecule has 8 nitrogen and oxygen atoms in total. The molecule has 0 aliphatic heterocycles. The number of nitrogens with zero attached hydrogens (tertiary/aromatic N) is 4. The van der Waals surface area contributed by atoms with Gasteiger partial charge in [-0.2, -0.15) is 5.10 Å². The Labute approximate surface area is 131 Å². The lowest BCUT2D eigenvalue weighted by atomic mass is 10.2. The third-order valence-electron chi connectivity index (χ3n) is 3.48. The van der Waals surface area contributed by atoms with Crippen LogP contribution in [0.5, 0.6) is 0 Å². The third kappa shape index (κ3) is 2.91. The number of aryl methyl sites for hydroxylation is 1. The van der Waals surface area contributed by atoms with Crippen LogP contribution in [0.1, 0.15) is 21.0 Å². The highest BCUT2D eigenvalue weighted by molar-refractivity contribution is 6.04. The molecule has 0 saturated carbocycles. The zero-order chi connectivity index (χ0) is 16.4. The summed E-state index contributed by atoms with van der Waals surface area (Å²) >= 11 is 0. The number of hydrogen-bond acceptors (Lipinski definition) is 4. The van der Waals surface area contributed by atoms with Crippen LogP contribution in [0.3, 0.4) is 0 Å². The second-order valence-electron chi connectivity index (χ2n) is 5.05. The van der Waals surface area contributed by atoms with Crippen molar-refractivity contribution in [3.63, 3.8) is 0 Å². The van der Waals surface area contributed by atoms with Crippen molar-refractivity contribution < 1.29 is 14.7 Å². The molecule has 0 saturated heterocycles. The van der Waals surface area contributed by atoms with Crippen molar-refractivity contribution in [2.24, 2.45) is 7.05 Å². The maximum Gasteiger partial charge on any atom is 0.356 e. The largest absolute Gasteiger partial charge is 0.476 e. The molecule has 0 atom stereocenters. The van der Waals surface area contributed by atoms with E-state index in [0.717, 1.165) is 10.9 Å². The summed E-state index contributed by atoms with van der Waals surface area (Å²) in [6.07, 6.45) is 2.84. The van der Waals surface area contributed by atoms with E-state index in [-0.39, 0.29) is 11.6 Å². The topological polar surface area (TPSA) is 102 Å². The molecule has 2 aromatic heterocycles. The summed E-state index contributed by atoms with van der Waals surface area (Å²) in [5, 5.41) is 16.6. The van der Waals surface area contributed by atoms with Gasteiger partial charge in [0.05, 0.1) is 11.8 Å². The van der Waals surface area contributed by atoms with Crippen molar-refractivity contribution in [2.75, 3.05) is 6.54 Å². The maximum atomic E-state index is 12.3. The minimum absolute atomic E-state index is 0.0213. The Hall–Kier alpha value is -3.16. The molecule has 3 aromatic rings. The summed E-state index contributed by atoms with van der Waals surface area (Å²) < 4.78 is 3.28. The van der Waals surface area contributed by atoms with Gasteiger partial charge < -0.3 is 15.0 Å². The van der Waals surface area contributed by atoms with Crippen molar-refractivity contribution in [1.29, 1.82) is 0 Å². The summed E-state index contributed by atoms with van der Waals surface area (Å²) in [4.78, 5) is 26.8. The first-order valence-corrected chi connectivity index (χ1v) is 7.01. The summed E-state index contributed by atoms with van der Waals surface area (Å²) in [5.74, 6) is -1.34. The van der Waals surface area contributed by atoms with Crippen molar-refractivity contribution in [1.82, 2.24) is 24.6 Å². The number of carboxylic acids is 1. The Morgan fingerprint density at radius 2 is 2.09 bits per heavy atom. The van der Waals surface area contributed by atoms with Crippen LogP contribution in [-0.4, -0.2) is 42.9 Å². The first kappa shape index (κ1) is 14.8. The molecule has 3 rings (SSSR count). The molecule has 0 fully saturated rings. The Morgan fingerprint density at radius 1 is 1.30 bits per heavy atom. The van der Waals surface area contributed by atoms with Crippen LogP contribution in [0, 0.1) is 0 Å². The predicted octanol–water partition coefficient (Wildman–Crippen LogP) is 0.898. The molecule has 8 heteroatoms. The van der Waals surface area contributed by atoms with Gasteiger partial charge in [-0.25, -0.2) is 9.78 Å². The van der Waals surface area contributed by atoms with E-state index in [1.54, 1.807) is 16.3 Å². The highest BCUT2D eigenvalue weighted by atomic mass is 16.4. The predicted molar refractivity (Wildman–Crippen MR) is 82.2 cm³/mol. The quantitative estimate of drug-likeness (QED) is 0.728. The zero-order valence-electron chi connectivity index (χ0n) is 12.4. The van der Waals surface area contributed by atoms with Gasteiger partial charge in [0.2, 0.25) is 0 Å². The average molecular weight is 313 g/mol. The number of rotatable bonds is 5. The van der Waals surface area contributed by atoms with Gasteiger partial charge in [0.25, 0.3) is 5.91 Å². The van der Waals surface area contributed by atoms with Gasteiger partial charge in [-0.05, 0) is 6.07 Å². The number of nitrogens with one attached hydrogen (secondary N) is 1. The number of carboxylic acid groups (broad SMARTS) is 1. The molecular formula is C15H15N5O3. The SMILES string of the molecule is Cn1nc(C(=O)NCCn2cnc(C(=O)O)c2)c2ccccc21. The lowest BCUT2D eigenvalue weighted by molar-refractivity contribution is 0.0690. The van der Waals surface area contributed by atoms with Crippen molar-refractivity contribution in [3.8, 4) is 0 Å². The smallest absolute Gasteiger partial charge is 0.356 e. The Bertz CT molecular complexity index is 880. The van der Waals surface area contributed by atoms with E-state index in [2.05, 4.69) is 15.4 Å². The van der Waals surface area contributed by atoms with Crippen LogP contribution in [0.2, 0.25) is 0 Å². The van der Waals surface area contributed by atoms with Crippen molar-refractivity contribution >= 4 is 22.8 Å². The number of carbonyl (C=O) groups is 2. The van der Waals surface area contributed by atoms with E-state index in [9.17, 15) is 9.59 Å². The number of para-hydroxylation sites is 1. The van der Waals surface area contributed by atoms with Crippen LogP contribution >= 0.6 is 0 Å². The molecule has 118 valence electrons. The van der Waals surface area contributed by atoms with E-state index in [4.69, 9.17) is 5.11 Å². The lowest BCUT2D eigenvalue weighted by Crippen LogP contribution is -2.27. The van der Waals surface area contributed by atoms with Crippen LogP contribution in [0.25, 0.3) is 10.9 Å². The molecule has 0 radical (unpaired) electrons. The first-order chi connectivity index (χ1) is 11.1. The molecule has 2 N–H and O–H groups in total. The molecule has 2 heterocycles. The fourth-order valence-corrected chi connectivity index (χ4v) is 2.36. The Morgan fingerprint density at radius 3 is 2.83 bits per heavy atom. The summed E-state index contributed by atoms with van der Waals surface area (Å²) in [7, 11) is 1.79. The summed E-state index contributed by atoms with van der Waals surface area (Å²) in [6.45, 7) is 0.774. The second-order valence-corrected chi connectivity index (χ2v) is 5.05. The highest BCUT2D eigenvalue weighted by Gasteiger charge is 2.15. The molecule has 23 heavy (non-hydrogen) atoms. The van der Waals surface area contributed by atoms with Crippen molar-refractivity contribution in [3.05, 3.63) is 48.2 Å². The van der Waals surface area contributed by atoms with Crippen LogP contribution in [0.15, 0.2) is 36.8 Å². The number of benzene rings is 1. The van der Waals surface area contributed by atoms with Crippen molar-refractivity contribution in [2.45, 2.75) is 6.54 Å². The number of hydrogen-bond donors (Lipinski definition) is 2. The fraction of sp³-hybridized carbons (Fsp3) is 0.200. The highest BCUT2D eigenvalue weighted by Crippen LogP contribution is 2.17. The second kappa shape index (κ2) is 5.91. The number of amides is 1. The summed E-state index contributed by atoms with van der Waals surface area (Å²) in [6, 6.07) is 7.51. The van der Waals surface area contributed by atoms with Gasteiger partial charge in [-0.1, -0.05) is 18.2 Å². The number of aromatic nitrogens is 4. The number of imidazole rings is 1. The molecule has 0 aliphatic carbocycles. The zero-order valence-corrected chi connectivity index (χ0v) is 12.4. The third-order valence-corrected chi connectivity index (χ3v) is 3.48. The molecule has 0 aliphatic rings. The van der Waals surface area contributed by atoms with E-state index in [1.165, 1.54) is 12.5 Å². The van der Waals surface area contributed by atoms with Gasteiger partial charge in [0, 0.05) is 31.7 Å². The Balaban J connectivity index is 1.65. The maximum absolute atomic E-state index is 12.3. The van der Waals surface area contributed by atoms with E-state index in [0.29, 0.717) is 18.8 Å². The molecular weight excluding hydrogens is 298 g/mol. The summed E-state index contributed by atoms with van der Waals surface area (Å²) in [5.41, 5.74) is 1.24. The average Bonchev–Trinajstić information content (AvgIpc) is 3.13. The minimum Gasteiger partial charge on any atom is -0.476 e. The molecule has 0 spiro atoms. The monoisotopic (exact) mass is 313 g/mol. The number of fused-ring (bicyclic) bond motifs is 1.